The molecule has 5 nitrogen and oxygen atoms in total. The monoisotopic (exact) mass is 294 g/mol. The highest BCUT2D eigenvalue weighted by atomic mass is 32.1. The third kappa shape index (κ3) is 2.90. The zero-order valence-corrected chi connectivity index (χ0v) is 12.5. The molecule has 1 saturated heterocycles. The van der Waals surface area contributed by atoms with Crippen molar-refractivity contribution in [3.63, 3.8) is 0 Å². The van der Waals surface area contributed by atoms with Crippen LogP contribution in [0.5, 0.6) is 0 Å². The molecule has 1 saturated carbocycles. The molecule has 1 aromatic heterocycles. The lowest BCUT2D eigenvalue weighted by molar-refractivity contribution is 0.0932. The zero-order chi connectivity index (χ0) is 13.9. The van der Waals surface area contributed by atoms with Gasteiger partial charge in [0.15, 0.2) is 5.13 Å². The third-order valence-corrected chi connectivity index (χ3v) is 5.30. The quantitative estimate of drug-likeness (QED) is 0.898. The van der Waals surface area contributed by atoms with Gasteiger partial charge in [0, 0.05) is 19.1 Å². The number of hydrogen-bond donors (Lipinski definition) is 2. The van der Waals surface area contributed by atoms with E-state index in [1.807, 2.05) is 0 Å². The Labute approximate surface area is 123 Å². The summed E-state index contributed by atoms with van der Waals surface area (Å²) in [6.45, 7) is 2.05. The number of carbonyl (C=O) groups is 1. The van der Waals surface area contributed by atoms with Crippen LogP contribution in [0.15, 0.2) is 0 Å². The molecule has 0 spiro atoms. The van der Waals surface area contributed by atoms with Gasteiger partial charge in [0.2, 0.25) is 0 Å². The van der Waals surface area contributed by atoms with Crippen molar-refractivity contribution in [1.29, 1.82) is 0 Å². The van der Waals surface area contributed by atoms with E-state index in [9.17, 15) is 4.79 Å². The van der Waals surface area contributed by atoms with Crippen molar-refractivity contribution in [2.75, 3.05) is 23.7 Å². The van der Waals surface area contributed by atoms with E-state index in [0.717, 1.165) is 31.1 Å². The highest BCUT2D eigenvalue weighted by Crippen LogP contribution is 2.30. The summed E-state index contributed by atoms with van der Waals surface area (Å²) in [7, 11) is 0. The smallest absolute Gasteiger partial charge is 0.265 e. The van der Waals surface area contributed by atoms with E-state index < -0.39 is 0 Å². The number of aromatic nitrogens is 1. The van der Waals surface area contributed by atoms with Gasteiger partial charge in [-0.15, -0.1) is 0 Å². The van der Waals surface area contributed by atoms with Gasteiger partial charge in [0.1, 0.15) is 10.7 Å². The highest BCUT2D eigenvalue weighted by Gasteiger charge is 2.23. The molecule has 1 aromatic rings. The lowest BCUT2D eigenvalue weighted by atomic mass is 9.95. The molecule has 0 bridgehead atoms. The summed E-state index contributed by atoms with van der Waals surface area (Å²) in [5.41, 5.74) is 5.93. The lowest BCUT2D eigenvalue weighted by Gasteiger charge is -2.22. The number of nitrogen functional groups attached to an aromatic ring is 1. The van der Waals surface area contributed by atoms with Crippen LogP contribution in [-0.2, 0) is 0 Å². The second-order valence-electron chi connectivity index (χ2n) is 5.71. The maximum absolute atomic E-state index is 12.3. The van der Waals surface area contributed by atoms with E-state index in [1.54, 1.807) is 0 Å². The van der Waals surface area contributed by atoms with Crippen LogP contribution in [0, 0.1) is 0 Å². The molecule has 1 aliphatic carbocycles. The number of amides is 1. The Kier molecular flexibility index (Phi) is 4.10. The van der Waals surface area contributed by atoms with Crippen molar-refractivity contribution in [3.8, 4) is 0 Å². The van der Waals surface area contributed by atoms with Gasteiger partial charge in [0.05, 0.1) is 0 Å². The Balaban J connectivity index is 1.67. The van der Waals surface area contributed by atoms with E-state index in [4.69, 9.17) is 5.73 Å². The highest BCUT2D eigenvalue weighted by molar-refractivity contribution is 7.18. The summed E-state index contributed by atoms with van der Waals surface area (Å²) in [6.07, 6.45) is 8.28. The molecule has 0 radical (unpaired) electrons. The summed E-state index contributed by atoms with van der Waals surface area (Å²) in [5, 5.41) is 4.01. The largest absolute Gasteiger partial charge is 0.382 e. The Morgan fingerprint density at radius 1 is 1.20 bits per heavy atom. The third-order valence-electron chi connectivity index (χ3n) is 4.17. The van der Waals surface area contributed by atoms with E-state index in [2.05, 4.69) is 15.2 Å². The summed E-state index contributed by atoms with van der Waals surface area (Å²) in [4.78, 5) is 19.5. The Hall–Kier alpha value is -1.30. The standard InChI is InChI=1S/C14H22N4OS/c15-12-11(13(19)16-10-6-2-1-3-7-10)20-14(17-12)18-8-4-5-9-18/h10H,1-9,15H2,(H,16,19). The first-order chi connectivity index (χ1) is 9.74. The molecule has 1 aliphatic heterocycles. The molecule has 110 valence electrons. The number of nitrogens with one attached hydrogen (secondary N) is 1. The first-order valence-electron chi connectivity index (χ1n) is 7.56. The number of rotatable bonds is 3. The number of hydrogen-bond acceptors (Lipinski definition) is 5. The summed E-state index contributed by atoms with van der Waals surface area (Å²) < 4.78 is 0. The number of anilines is 2. The predicted molar refractivity (Wildman–Crippen MR) is 82.3 cm³/mol. The predicted octanol–water partition coefficient (Wildman–Crippen LogP) is 2.39. The van der Waals surface area contributed by atoms with Gasteiger partial charge >= 0.3 is 0 Å². The Morgan fingerprint density at radius 3 is 2.60 bits per heavy atom. The molecule has 0 unspecified atom stereocenters. The fourth-order valence-electron chi connectivity index (χ4n) is 3.02. The minimum atomic E-state index is -0.0441. The van der Waals surface area contributed by atoms with Gasteiger partial charge in [-0.25, -0.2) is 4.98 Å². The normalized spacial score (nSPS) is 20.3. The molecule has 0 aromatic carbocycles. The van der Waals surface area contributed by atoms with Crippen molar-refractivity contribution in [3.05, 3.63) is 4.88 Å². The maximum Gasteiger partial charge on any atom is 0.265 e. The van der Waals surface area contributed by atoms with Gasteiger partial charge in [-0.05, 0) is 25.7 Å². The molecule has 2 fully saturated rings. The van der Waals surface area contributed by atoms with Gasteiger partial charge in [-0.2, -0.15) is 0 Å². The van der Waals surface area contributed by atoms with Crippen LogP contribution in [0.3, 0.4) is 0 Å². The summed E-state index contributed by atoms with van der Waals surface area (Å²) in [6, 6.07) is 0.313. The first-order valence-corrected chi connectivity index (χ1v) is 8.38. The lowest BCUT2D eigenvalue weighted by Crippen LogP contribution is -2.36. The van der Waals surface area contributed by atoms with Crippen molar-refractivity contribution in [2.24, 2.45) is 0 Å². The Morgan fingerprint density at radius 2 is 1.90 bits per heavy atom. The van der Waals surface area contributed by atoms with Crippen LogP contribution in [0.25, 0.3) is 0 Å². The first kappa shape index (κ1) is 13.7. The van der Waals surface area contributed by atoms with Crippen LogP contribution in [0.2, 0.25) is 0 Å². The number of thiazole rings is 1. The number of carbonyl (C=O) groups excluding carboxylic acids is 1. The molecule has 6 heteroatoms. The van der Waals surface area contributed by atoms with Gasteiger partial charge in [0.25, 0.3) is 5.91 Å². The average molecular weight is 294 g/mol. The van der Waals surface area contributed by atoms with Crippen molar-refractivity contribution < 1.29 is 4.79 Å². The fraction of sp³-hybridized carbons (Fsp3) is 0.714. The number of nitrogens with zero attached hydrogens (tertiary/aromatic N) is 2. The molecule has 2 heterocycles. The van der Waals surface area contributed by atoms with E-state index in [-0.39, 0.29) is 5.91 Å². The molecule has 1 amide bonds. The van der Waals surface area contributed by atoms with E-state index >= 15 is 0 Å². The molecular weight excluding hydrogens is 272 g/mol. The second-order valence-corrected chi connectivity index (χ2v) is 6.69. The summed E-state index contributed by atoms with van der Waals surface area (Å²) >= 11 is 1.43. The second kappa shape index (κ2) is 5.99. The Bertz CT molecular complexity index is 476. The van der Waals surface area contributed by atoms with Gasteiger partial charge < -0.3 is 16.0 Å². The molecule has 0 atom stereocenters. The van der Waals surface area contributed by atoms with Crippen LogP contribution in [0.1, 0.15) is 54.6 Å². The minimum absolute atomic E-state index is 0.0441. The average Bonchev–Trinajstić information content (AvgIpc) is 3.08. The van der Waals surface area contributed by atoms with Crippen LogP contribution in [0.4, 0.5) is 10.9 Å². The molecule has 3 rings (SSSR count). The maximum atomic E-state index is 12.3. The molecular formula is C14H22N4OS. The van der Waals surface area contributed by atoms with Gasteiger partial charge in [-0.1, -0.05) is 30.6 Å². The topological polar surface area (TPSA) is 71.2 Å². The molecule has 2 aliphatic rings. The van der Waals surface area contributed by atoms with Crippen molar-refractivity contribution in [1.82, 2.24) is 10.3 Å². The van der Waals surface area contributed by atoms with Crippen molar-refractivity contribution >= 4 is 28.2 Å². The van der Waals surface area contributed by atoms with E-state index in [0.29, 0.717) is 16.7 Å². The van der Waals surface area contributed by atoms with Crippen LogP contribution >= 0.6 is 11.3 Å². The molecule has 20 heavy (non-hydrogen) atoms. The molecule has 3 N–H and O–H groups in total. The van der Waals surface area contributed by atoms with Crippen LogP contribution in [-0.4, -0.2) is 30.0 Å². The van der Waals surface area contributed by atoms with E-state index in [1.165, 1.54) is 43.4 Å². The summed E-state index contributed by atoms with van der Waals surface area (Å²) in [5.74, 6) is 0.336. The van der Waals surface area contributed by atoms with Gasteiger partial charge in [-0.3, -0.25) is 4.79 Å². The van der Waals surface area contributed by atoms with Crippen molar-refractivity contribution in [2.45, 2.75) is 51.0 Å². The van der Waals surface area contributed by atoms with Crippen LogP contribution < -0.4 is 16.0 Å². The fourth-order valence-corrected chi connectivity index (χ4v) is 3.96. The zero-order valence-electron chi connectivity index (χ0n) is 11.7. The minimum Gasteiger partial charge on any atom is -0.382 e. The SMILES string of the molecule is Nc1nc(N2CCCC2)sc1C(=O)NC1CCCCC1. The number of nitrogens with two attached hydrogens (primary N) is 1.